The first kappa shape index (κ1) is 21.8. The van der Waals surface area contributed by atoms with Crippen LogP contribution in [0.15, 0.2) is 48.5 Å². The number of rotatable bonds is 9. The van der Waals surface area contributed by atoms with Gasteiger partial charge in [-0.2, -0.15) is 0 Å². The van der Waals surface area contributed by atoms with Gasteiger partial charge in [0.05, 0.1) is 11.3 Å². The van der Waals surface area contributed by atoms with Crippen LogP contribution >= 0.6 is 0 Å². The number of anilines is 1. The van der Waals surface area contributed by atoms with E-state index in [2.05, 4.69) is 6.92 Å². The first-order valence-corrected chi connectivity index (χ1v) is 10.7. The molecule has 0 spiro atoms. The van der Waals surface area contributed by atoms with Crippen molar-refractivity contribution < 1.29 is 19.1 Å². The van der Waals surface area contributed by atoms with Crippen LogP contribution in [0.5, 0.6) is 0 Å². The van der Waals surface area contributed by atoms with Crippen LogP contribution in [-0.4, -0.2) is 16.9 Å². The Morgan fingerprint density at radius 2 is 1.63 bits per heavy atom. The van der Waals surface area contributed by atoms with E-state index in [9.17, 15) is 19.1 Å². The number of aliphatic hydroxyl groups is 1. The molecule has 1 N–H and O–H groups in total. The number of halogens is 1. The standard InChI is InChI=1S/C25H28FNO3/c1-2-3-4-5-6-7-11-14-22(28)27-21-16-15-19(26)17-20(21)23(25(27)30)24(29)18-12-9-8-10-13-18/h8-10,12-13,15-17,29H,2-7,11,14H2,1H3/b24-23-. The third-order valence-corrected chi connectivity index (χ3v) is 5.41. The highest BCUT2D eigenvalue weighted by molar-refractivity contribution is 6.42. The molecule has 2 aromatic carbocycles. The van der Waals surface area contributed by atoms with Crippen molar-refractivity contribution in [3.05, 3.63) is 65.5 Å². The van der Waals surface area contributed by atoms with E-state index in [4.69, 9.17) is 0 Å². The number of fused-ring (bicyclic) bond motifs is 1. The van der Waals surface area contributed by atoms with Crippen LogP contribution in [0.25, 0.3) is 11.3 Å². The molecule has 2 aromatic rings. The van der Waals surface area contributed by atoms with Crippen molar-refractivity contribution in [1.82, 2.24) is 0 Å². The fourth-order valence-electron chi connectivity index (χ4n) is 3.80. The second kappa shape index (κ2) is 10.2. The summed E-state index contributed by atoms with van der Waals surface area (Å²) in [6.45, 7) is 2.17. The van der Waals surface area contributed by atoms with Crippen molar-refractivity contribution >= 4 is 28.8 Å². The van der Waals surface area contributed by atoms with Crippen LogP contribution in [0.2, 0.25) is 0 Å². The lowest BCUT2D eigenvalue weighted by molar-refractivity contribution is -0.123. The van der Waals surface area contributed by atoms with Crippen LogP contribution in [0.1, 0.15) is 69.4 Å². The topological polar surface area (TPSA) is 57.6 Å². The molecular weight excluding hydrogens is 381 g/mol. The Kier molecular flexibility index (Phi) is 7.39. The van der Waals surface area contributed by atoms with Gasteiger partial charge in [-0.3, -0.25) is 9.59 Å². The van der Waals surface area contributed by atoms with Gasteiger partial charge in [0, 0.05) is 17.5 Å². The molecule has 3 rings (SSSR count). The maximum atomic E-state index is 13.9. The molecule has 0 fully saturated rings. The summed E-state index contributed by atoms with van der Waals surface area (Å²) in [6.07, 6.45) is 7.75. The highest BCUT2D eigenvalue weighted by Crippen LogP contribution is 2.41. The van der Waals surface area contributed by atoms with Crippen molar-refractivity contribution in [3.8, 4) is 0 Å². The summed E-state index contributed by atoms with van der Waals surface area (Å²) < 4.78 is 13.9. The summed E-state index contributed by atoms with van der Waals surface area (Å²) >= 11 is 0. The van der Waals surface area contributed by atoms with Crippen molar-refractivity contribution in [2.24, 2.45) is 0 Å². The normalized spacial score (nSPS) is 14.7. The van der Waals surface area contributed by atoms with Gasteiger partial charge in [0.2, 0.25) is 5.91 Å². The van der Waals surface area contributed by atoms with Crippen LogP contribution < -0.4 is 4.90 Å². The minimum atomic E-state index is -0.607. The molecule has 30 heavy (non-hydrogen) atoms. The Hall–Kier alpha value is -2.95. The summed E-state index contributed by atoms with van der Waals surface area (Å²) in [4.78, 5) is 27.0. The van der Waals surface area contributed by atoms with E-state index in [1.165, 1.54) is 37.5 Å². The van der Waals surface area contributed by atoms with Gasteiger partial charge in [0.25, 0.3) is 5.91 Å². The SMILES string of the molecule is CCCCCCCCCC(=O)N1C(=O)/C(=C(\O)c2ccccc2)c2cc(F)ccc21. The Morgan fingerprint density at radius 3 is 2.33 bits per heavy atom. The van der Waals surface area contributed by atoms with Gasteiger partial charge in [-0.15, -0.1) is 0 Å². The fourth-order valence-corrected chi connectivity index (χ4v) is 3.80. The first-order valence-electron chi connectivity index (χ1n) is 10.7. The highest BCUT2D eigenvalue weighted by Gasteiger charge is 2.39. The minimum Gasteiger partial charge on any atom is -0.506 e. The second-order valence-electron chi connectivity index (χ2n) is 7.66. The Balaban J connectivity index is 1.79. The number of aliphatic hydroxyl groups excluding tert-OH is 1. The van der Waals surface area contributed by atoms with E-state index in [0.717, 1.165) is 24.2 Å². The molecule has 0 atom stereocenters. The zero-order valence-electron chi connectivity index (χ0n) is 17.4. The quantitative estimate of drug-likeness (QED) is 0.302. The van der Waals surface area contributed by atoms with Gasteiger partial charge in [-0.05, 0) is 24.6 Å². The number of benzene rings is 2. The summed E-state index contributed by atoms with van der Waals surface area (Å²) in [6, 6.07) is 12.4. The average Bonchev–Trinajstić information content (AvgIpc) is 3.04. The number of nitrogens with zero attached hydrogens (tertiary/aromatic N) is 1. The molecule has 2 amide bonds. The largest absolute Gasteiger partial charge is 0.506 e. The maximum Gasteiger partial charge on any atom is 0.269 e. The first-order chi connectivity index (χ1) is 14.5. The van der Waals surface area contributed by atoms with E-state index < -0.39 is 11.7 Å². The number of amides is 2. The maximum absolute atomic E-state index is 13.9. The molecule has 0 bridgehead atoms. The summed E-state index contributed by atoms with van der Waals surface area (Å²) in [5.74, 6) is -1.71. The van der Waals surface area contributed by atoms with Gasteiger partial charge in [0.15, 0.2) is 0 Å². The lowest BCUT2D eigenvalue weighted by atomic mass is 10.0. The number of hydrogen-bond donors (Lipinski definition) is 1. The molecule has 0 aromatic heterocycles. The minimum absolute atomic E-state index is 0.0383. The van der Waals surface area contributed by atoms with Crippen molar-refractivity contribution in [1.29, 1.82) is 0 Å². The van der Waals surface area contributed by atoms with Gasteiger partial charge in [-0.25, -0.2) is 9.29 Å². The van der Waals surface area contributed by atoms with E-state index in [1.54, 1.807) is 30.3 Å². The number of unbranched alkanes of at least 4 members (excludes halogenated alkanes) is 6. The number of hydrogen-bond acceptors (Lipinski definition) is 3. The van der Waals surface area contributed by atoms with E-state index in [-0.39, 0.29) is 29.2 Å². The Bertz CT molecular complexity index is 937. The van der Waals surface area contributed by atoms with Crippen LogP contribution in [0.3, 0.4) is 0 Å². The zero-order valence-corrected chi connectivity index (χ0v) is 17.4. The third kappa shape index (κ3) is 4.78. The van der Waals surface area contributed by atoms with Crippen LogP contribution in [0.4, 0.5) is 10.1 Å². The lowest BCUT2D eigenvalue weighted by Gasteiger charge is -2.15. The van der Waals surface area contributed by atoms with E-state index in [0.29, 0.717) is 17.7 Å². The molecule has 4 nitrogen and oxygen atoms in total. The summed E-state index contributed by atoms with van der Waals surface area (Å²) in [7, 11) is 0. The molecule has 0 saturated heterocycles. The highest BCUT2D eigenvalue weighted by atomic mass is 19.1. The lowest BCUT2D eigenvalue weighted by Crippen LogP contribution is -2.33. The summed E-state index contributed by atoms with van der Waals surface area (Å²) in [5.41, 5.74) is 0.974. The molecule has 1 aliphatic heterocycles. The number of carbonyl (C=O) groups excluding carboxylic acids is 2. The van der Waals surface area contributed by atoms with Gasteiger partial charge in [0.1, 0.15) is 11.6 Å². The predicted molar refractivity (Wildman–Crippen MR) is 117 cm³/mol. The molecule has 5 heteroatoms. The van der Waals surface area contributed by atoms with Gasteiger partial charge < -0.3 is 5.11 Å². The third-order valence-electron chi connectivity index (χ3n) is 5.41. The molecule has 158 valence electrons. The van der Waals surface area contributed by atoms with Crippen LogP contribution in [0, 0.1) is 5.82 Å². The monoisotopic (exact) mass is 409 g/mol. The smallest absolute Gasteiger partial charge is 0.269 e. The number of carbonyl (C=O) groups is 2. The van der Waals surface area contributed by atoms with Crippen LogP contribution in [-0.2, 0) is 9.59 Å². The Labute approximate surface area is 177 Å². The van der Waals surface area contributed by atoms with Crippen molar-refractivity contribution in [3.63, 3.8) is 0 Å². The molecule has 0 aliphatic carbocycles. The van der Waals surface area contributed by atoms with Crippen molar-refractivity contribution in [2.45, 2.75) is 58.3 Å². The zero-order chi connectivity index (χ0) is 21.5. The molecular formula is C25H28FNO3. The van der Waals surface area contributed by atoms with Gasteiger partial charge in [-0.1, -0.05) is 75.8 Å². The molecule has 0 radical (unpaired) electrons. The number of imide groups is 1. The fraction of sp³-hybridized carbons (Fsp3) is 0.360. The molecule has 0 unspecified atom stereocenters. The van der Waals surface area contributed by atoms with E-state index >= 15 is 0 Å². The van der Waals surface area contributed by atoms with Crippen molar-refractivity contribution in [2.75, 3.05) is 4.90 Å². The molecule has 1 heterocycles. The second-order valence-corrected chi connectivity index (χ2v) is 7.66. The predicted octanol–water partition coefficient (Wildman–Crippen LogP) is 6.27. The van der Waals surface area contributed by atoms with Gasteiger partial charge >= 0.3 is 0 Å². The Morgan fingerprint density at radius 1 is 0.967 bits per heavy atom. The molecule has 0 saturated carbocycles. The summed E-state index contributed by atoms with van der Waals surface area (Å²) in [5, 5.41) is 10.7. The van der Waals surface area contributed by atoms with E-state index in [1.807, 2.05) is 0 Å². The molecule has 1 aliphatic rings. The average molecular weight is 410 g/mol.